The van der Waals surface area contributed by atoms with E-state index in [4.69, 9.17) is 16.3 Å². The minimum atomic E-state index is -0.348. The number of carbonyl (C=O) groups is 2. The van der Waals surface area contributed by atoms with Crippen molar-refractivity contribution in [3.63, 3.8) is 0 Å². The molecule has 162 valence electrons. The zero-order chi connectivity index (χ0) is 22.0. The molecular weight excluding hydrogens is 440 g/mol. The van der Waals surface area contributed by atoms with Crippen molar-refractivity contribution in [2.75, 3.05) is 26.2 Å². The molecule has 2 amide bonds. The number of hydrogen-bond acceptors (Lipinski definition) is 6. The van der Waals surface area contributed by atoms with Gasteiger partial charge in [-0.05, 0) is 30.0 Å². The van der Waals surface area contributed by atoms with Crippen LogP contribution in [0.2, 0.25) is 5.02 Å². The number of nitrogens with zero attached hydrogens (tertiary/aromatic N) is 3. The first-order valence-electron chi connectivity index (χ1n) is 9.79. The van der Waals surface area contributed by atoms with Crippen LogP contribution in [0.1, 0.15) is 15.9 Å². The number of benzene rings is 1. The van der Waals surface area contributed by atoms with E-state index >= 15 is 0 Å². The fraction of sp³-hybridized carbons (Fsp3) is 0.333. The molecule has 1 fully saturated rings. The molecule has 1 aliphatic rings. The maximum Gasteiger partial charge on any atom is 0.262 e. The van der Waals surface area contributed by atoms with Gasteiger partial charge in [0.1, 0.15) is 11.4 Å². The van der Waals surface area contributed by atoms with Gasteiger partial charge < -0.3 is 15.0 Å². The molecule has 1 atom stereocenters. The lowest BCUT2D eigenvalue weighted by molar-refractivity contribution is -0.122. The van der Waals surface area contributed by atoms with E-state index in [0.29, 0.717) is 40.5 Å². The lowest BCUT2D eigenvalue weighted by Crippen LogP contribution is -2.50. The van der Waals surface area contributed by atoms with E-state index in [-0.39, 0.29) is 36.6 Å². The van der Waals surface area contributed by atoms with Crippen molar-refractivity contribution in [2.45, 2.75) is 19.6 Å². The summed E-state index contributed by atoms with van der Waals surface area (Å²) in [5.74, 6) is -0.484. The Morgan fingerprint density at radius 2 is 2.19 bits per heavy atom. The Morgan fingerprint density at radius 1 is 1.35 bits per heavy atom. The largest absolute Gasteiger partial charge is 0.373 e. The number of fused-ring (bicyclic) bond motifs is 1. The van der Waals surface area contributed by atoms with Crippen LogP contribution in [0.25, 0.3) is 10.2 Å². The van der Waals surface area contributed by atoms with E-state index in [1.54, 1.807) is 28.5 Å². The van der Waals surface area contributed by atoms with Crippen LogP contribution in [0.4, 0.5) is 0 Å². The first-order chi connectivity index (χ1) is 14.9. The lowest BCUT2D eigenvalue weighted by Gasteiger charge is -2.33. The minimum Gasteiger partial charge on any atom is -0.373 e. The molecule has 1 aliphatic heterocycles. The third-order valence-corrected chi connectivity index (χ3v) is 6.46. The molecule has 3 aromatic rings. The normalized spacial score (nSPS) is 16.5. The standard InChI is InChI=1S/C21H21ClN4O4S/c1-13-3-2-4-15(18(13)22)20(28)25-6-7-30-14(10-25)9-23-17(27)11-26-12-24-19-16(21(26)29)5-8-31-19/h2-5,8,12,14H,6-7,9-11H2,1H3,(H,23,27). The molecule has 0 saturated carbocycles. The summed E-state index contributed by atoms with van der Waals surface area (Å²) in [5, 5.41) is 5.52. The predicted octanol–water partition coefficient (Wildman–Crippen LogP) is 2.08. The number of morpholine rings is 1. The highest BCUT2D eigenvalue weighted by Gasteiger charge is 2.26. The van der Waals surface area contributed by atoms with Gasteiger partial charge >= 0.3 is 0 Å². The summed E-state index contributed by atoms with van der Waals surface area (Å²) in [5.41, 5.74) is 1.05. The first kappa shape index (κ1) is 21.5. The molecule has 1 unspecified atom stereocenters. The van der Waals surface area contributed by atoms with Crippen molar-refractivity contribution in [1.29, 1.82) is 0 Å². The summed E-state index contributed by atoms with van der Waals surface area (Å²) < 4.78 is 6.98. The number of aryl methyl sites for hydroxylation is 1. The molecule has 31 heavy (non-hydrogen) atoms. The summed E-state index contributed by atoms with van der Waals surface area (Å²) in [7, 11) is 0. The van der Waals surface area contributed by atoms with Crippen molar-refractivity contribution in [3.8, 4) is 0 Å². The van der Waals surface area contributed by atoms with E-state index in [1.807, 2.05) is 13.0 Å². The molecule has 2 aromatic heterocycles. The number of hydrogen-bond donors (Lipinski definition) is 1. The zero-order valence-electron chi connectivity index (χ0n) is 16.8. The van der Waals surface area contributed by atoms with Gasteiger partial charge in [-0.25, -0.2) is 4.98 Å². The minimum absolute atomic E-state index is 0.133. The number of halogens is 1. The SMILES string of the molecule is Cc1cccc(C(=O)N2CCOC(CNC(=O)Cn3cnc4sccc4c3=O)C2)c1Cl. The lowest BCUT2D eigenvalue weighted by atomic mass is 10.1. The van der Waals surface area contributed by atoms with Crippen molar-refractivity contribution in [2.24, 2.45) is 0 Å². The van der Waals surface area contributed by atoms with E-state index < -0.39 is 0 Å². The Balaban J connectivity index is 1.34. The van der Waals surface area contributed by atoms with Crippen LogP contribution in [0, 0.1) is 6.92 Å². The number of nitrogens with one attached hydrogen (secondary N) is 1. The molecule has 0 bridgehead atoms. The van der Waals surface area contributed by atoms with Crippen LogP contribution in [0.15, 0.2) is 40.8 Å². The van der Waals surface area contributed by atoms with Crippen molar-refractivity contribution >= 4 is 45.0 Å². The molecule has 0 spiro atoms. The average Bonchev–Trinajstić information content (AvgIpc) is 3.26. The van der Waals surface area contributed by atoms with Gasteiger partial charge in [0, 0.05) is 19.6 Å². The smallest absolute Gasteiger partial charge is 0.262 e. The third-order valence-electron chi connectivity index (χ3n) is 5.14. The van der Waals surface area contributed by atoms with Crippen molar-refractivity contribution in [1.82, 2.24) is 19.8 Å². The second kappa shape index (κ2) is 9.17. The monoisotopic (exact) mass is 460 g/mol. The second-order valence-corrected chi connectivity index (χ2v) is 8.57. The van der Waals surface area contributed by atoms with Crippen LogP contribution < -0.4 is 10.9 Å². The molecule has 4 rings (SSSR count). The third kappa shape index (κ3) is 4.63. The van der Waals surface area contributed by atoms with Crippen molar-refractivity contribution < 1.29 is 14.3 Å². The number of aromatic nitrogens is 2. The quantitative estimate of drug-likeness (QED) is 0.629. The van der Waals surface area contributed by atoms with Crippen LogP contribution in [0.5, 0.6) is 0 Å². The van der Waals surface area contributed by atoms with Crippen LogP contribution >= 0.6 is 22.9 Å². The molecule has 0 aliphatic carbocycles. The molecule has 0 radical (unpaired) electrons. The van der Waals surface area contributed by atoms with Gasteiger partial charge in [-0.3, -0.25) is 19.0 Å². The highest BCUT2D eigenvalue weighted by atomic mass is 35.5. The highest BCUT2D eigenvalue weighted by molar-refractivity contribution is 7.16. The Bertz CT molecular complexity index is 1190. The van der Waals surface area contributed by atoms with Gasteiger partial charge in [-0.15, -0.1) is 11.3 Å². The molecule has 1 aromatic carbocycles. The van der Waals surface area contributed by atoms with Gasteiger partial charge in [-0.1, -0.05) is 23.7 Å². The Hall–Kier alpha value is -2.75. The number of thiophene rings is 1. The Labute approximate surface area is 187 Å². The zero-order valence-corrected chi connectivity index (χ0v) is 18.4. The molecule has 8 nitrogen and oxygen atoms in total. The first-order valence-corrected chi connectivity index (χ1v) is 11.0. The maximum atomic E-state index is 12.9. The summed E-state index contributed by atoms with van der Waals surface area (Å²) >= 11 is 7.68. The fourth-order valence-electron chi connectivity index (χ4n) is 3.45. The number of amides is 2. The van der Waals surface area contributed by atoms with E-state index in [9.17, 15) is 14.4 Å². The molecule has 1 N–H and O–H groups in total. The summed E-state index contributed by atoms with van der Waals surface area (Å²) in [4.78, 5) is 44.2. The maximum absolute atomic E-state index is 12.9. The Morgan fingerprint density at radius 3 is 3.03 bits per heavy atom. The van der Waals surface area contributed by atoms with E-state index in [2.05, 4.69) is 10.3 Å². The topological polar surface area (TPSA) is 93.5 Å². The van der Waals surface area contributed by atoms with Crippen LogP contribution in [-0.2, 0) is 16.1 Å². The van der Waals surface area contributed by atoms with Gasteiger partial charge in [0.2, 0.25) is 5.91 Å². The predicted molar refractivity (Wildman–Crippen MR) is 119 cm³/mol. The Kier molecular flexibility index (Phi) is 6.35. The second-order valence-electron chi connectivity index (χ2n) is 7.30. The van der Waals surface area contributed by atoms with E-state index in [1.165, 1.54) is 22.2 Å². The summed E-state index contributed by atoms with van der Waals surface area (Å²) in [6.07, 6.45) is 1.03. The number of ether oxygens (including phenoxy) is 1. The summed E-state index contributed by atoms with van der Waals surface area (Å²) in [6, 6.07) is 7.07. The molecule has 1 saturated heterocycles. The molecule has 3 heterocycles. The van der Waals surface area contributed by atoms with Gasteiger partial charge in [-0.2, -0.15) is 0 Å². The van der Waals surface area contributed by atoms with Gasteiger partial charge in [0.15, 0.2) is 0 Å². The van der Waals surface area contributed by atoms with E-state index in [0.717, 1.165) is 5.56 Å². The molecule has 10 heteroatoms. The molecular formula is C21H21ClN4O4S. The highest BCUT2D eigenvalue weighted by Crippen LogP contribution is 2.22. The van der Waals surface area contributed by atoms with Gasteiger partial charge in [0.25, 0.3) is 11.5 Å². The fourth-order valence-corrected chi connectivity index (χ4v) is 4.38. The number of carbonyl (C=O) groups excluding carboxylic acids is 2. The van der Waals surface area contributed by atoms with Crippen LogP contribution in [-0.4, -0.2) is 58.6 Å². The van der Waals surface area contributed by atoms with Crippen LogP contribution in [0.3, 0.4) is 0 Å². The number of rotatable bonds is 5. The van der Waals surface area contributed by atoms with Crippen molar-refractivity contribution in [3.05, 3.63) is 62.5 Å². The van der Waals surface area contributed by atoms with Gasteiger partial charge in [0.05, 0.1) is 35.0 Å². The summed E-state index contributed by atoms with van der Waals surface area (Å²) in [6.45, 7) is 3.11. The average molecular weight is 461 g/mol.